The van der Waals surface area contributed by atoms with Crippen LogP contribution in [0.5, 0.6) is 0 Å². The lowest BCUT2D eigenvalue weighted by Crippen LogP contribution is -2.45. The fraction of sp³-hybridized carbons (Fsp3) is 0.625. The van der Waals surface area contributed by atoms with Gasteiger partial charge in [0.15, 0.2) is 11.7 Å². The molecule has 150 valence electrons. The molecule has 1 amide bonds. The van der Waals surface area contributed by atoms with E-state index in [1.165, 1.54) is 6.92 Å². The first kappa shape index (κ1) is 25.6. The molecule has 2 atom stereocenters. The summed E-state index contributed by atoms with van der Waals surface area (Å²) in [4.78, 5) is 37.5. The number of hydrogen-bond donors (Lipinski definition) is 6. The Hall–Kier alpha value is -2.62. The van der Waals surface area contributed by atoms with Crippen LogP contribution in [0.1, 0.15) is 40.0 Å². The maximum absolute atomic E-state index is 11.8. The number of Topliss-reactive ketones (excluding diaryl/α,β-unsaturated/α-hetero) is 1. The smallest absolute Gasteiger partial charge is 0.305 e. The number of carbonyl (C=O) groups excluding carboxylic acids is 2. The van der Waals surface area contributed by atoms with Crippen LogP contribution >= 0.6 is 0 Å². The molecule has 0 saturated carbocycles. The molecule has 0 bridgehead atoms. The van der Waals surface area contributed by atoms with Crippen molar-refractivity contribution in [1.29, 1.82) is 0 Å². The van der Waals surface area contributed by atoms with Gasteiger partial charge in [-0.3, -0.25) is 19.4 Å². The van der Waals surface area contributed by atoms with Crippen LogP contribution in [-0.4, -0.2) is 53.9 Å². The number of aliphatic imine (C=N–C) groups is 1. The highest BCUT2D eigenvalue weighted by atomic mass is 16.4. The first-order chi connectivity index (χ1) is 12.1. The van der Waals surface area contributed by atoms with E-state index in [-0.39, 0.29) is 12.5 Å². The molecular weight excluding hydrogens is 340 g/mol. The van der Waals surface area contributed by atoms with Gasteiger partial charge in [-0.15, -0.1) is 0 Å². The molecule has 0 saturated heterocycles. The van der Waals surface area contributed by atoms with Gasteiger partial charge in [-0.2, -0.15) is 0 Å². The third kappa shape index (κ3) is 13.8. The summed E-state index contributed by atoms with van der Waals surface area (Å²) in [6.07, 6.45) is 0.753. The van der Waals surface area contributed by atoms with Crippen LogP contribution in [0.2, 0.25) is 0 Å². The van der Waals surface area contributed by atoms with Crippen LogP contribution in [-0.2, 0) is 14.4 Å². The normalized spacial score (nSPS) is 11.8. The standard InChI is InChI=1S/C14H26N6O4.C2H6/c1-8(10(15)4-3-5-18-14(16)17)19-7-12(22)20-11(9(2)21)6-13(23)24;1-2/h10-11,19H,1,3-7,15H2,2H3,(H,20,22)(H,23,24)(H4,16,17,18);1-2H3/t10-,11-;/m0./s1. The SMILES string of the molecule is C=C(NCC(=O)N[C@@H](CC(=O)O)C(C)=O)[C@@H](N)CCCN=C(N)N.CC. The van der Waals surface area contributed by atoms with Crippen molar-refractivity contribution in [3.05, 3.63) is 12.3 Å². The van der Waals surface area contributed by atoms with Crippen LogP contribution in [0.25, 0.3) is 0 Å². The average molecular weight is 372 g/mol. The number of nitrogens with two attached hydrogens (primary N) is 3. The van der Waals surface area contributed by atoms with Gasteiger partial charge < -0.3 is 32.9 Å². The number of guanidine groups is 1. The van der Waals surface area contributed by atoms with Gasteiger partial charge in [0.1, 0.15) is 0 Å². The minimum Gasteiger partial charge on any atom is -0.481 e. The molecular formula is C16H32N6O4. The summed E-state index contributed by atoms with van der Waals surface area (Å²) in [5.74, 6) is -2.11. The highest BCUT2D eigenvalue weighted by Gasteiger charge is 2.20. The average Bonchev–Trinajstić information content (AvgIpc) is 2.56. The third-order valence-corrected chi connectivity index (χ3v) is 3.10. The number of amides is 1. The molecule has 0 rings (SSSR count). The monoisotopic (exact) mass is 372 g/mol. The zero-order chi connectivity index (χ0) is 20.7. The number of carboxylic acids is 1. The van der Waals surface area contributed by atoms with Crippen LogP contribution in [0.15, 0.2) is 17.3 Å². The number of nitrogens with one attached hydrogen (secondary N) is 2. The van der Waals surface area contributed by atoms with Crippen molar-refractivity contribution in [2.24, 2.45) is 22.2 Å². The van der Waals surface area contributed by atoms with Gasteiger partial charge in [0, 0.05) is 18.3 Å². The Morgan fingerprint density at radius 1 is 1.23 bits per heavy atom. The molecule has 9 N–H and O–H groups in total. The number of carboxylic acid groups (broad SMARTS) is 1. The third-order valence-electron chi connectivity index (χ3n) is 3.10. The van der Waals surface area contributed by atoms with Crippen LogP contribution < -0.4 is 27.8 Å². The Balaban J connectivity index is 0. The van der Waals surface area contributed by atoms with Crippen molar-refractivity contribution in [1.82, 2.24) is 10.6 Å². The summed E-state index contributed by atoms with van der Waals surface area (Å²) in [7, 11) is 0. The Bertz CT molecular complexity index is 503. The largest absolute Gasteiger partial charge is 0.481 e. The van der Waals surface area contributed by atoms with Gasteiger partial charge in [0.25, 0.3) is 0 Å². The van der Waals surface area contributed by atoms with Gasteiger partial charge in [-0.1, -0.05) is 20.4 Å². The van der Waals surface area contributed by atoms with Crippen molar-refractivity contribution in [3.8, 4) is 0 Å². The summed E-state index contributed by atoms with van der Waals surface area (Å²) >= 11 is 0. The van der Waals surface area contributed by atoms with Gasteiger partial charge in [-0.25, -0.2) is 0 Å². The number of hydrogen-bond acceptors (Lipinski definition) is 6. The molecule has 0 aliphatic rings. The Morgan fingerprint density at radius 3 is 2.27 bits per heavy atom. The molecule has 0 aliphatic carbocycles. The lowest BCUT2D eigenvalue weighted by atomic mass is 10.1. The van der Waals surface area contributed by atoms with E-state index in [9.17, 15) is 14.4 Å². The van der Waals surface area contributed by atoms with Gasteiger partial charge in [-0.05, 0) is 19.8 Å². The van der Waals surface area contributed by atoms with E-state index in [1.54, 1.807) is 0 Å². The second kappa shape index (κ2) is 14.7. The maximum Gasteiger partial charge on any atom is 0.305 e. The van der Waals surface area contributed by atoms with Gasteiger partial charge in [0.2, 0.25) is 5.91 Å². The number of rotatable bonds is 12. The number of aliphatic carboxylic acids is 1. The van der Waals surface area contributed by atoms with E-state index in [0.717, 1.165) is 0 Å². The quantitative estimate of drug-likeness (QED) is 0.144. The molecule has 0 unspecified atom stereocenters. The molecule has 0 aromatic carbocycles. The molecule has 26 heavy (non-hydrogen) atoms. The van der Waals surface area contributed by atoms with Crippen molar-refractivity contribution >= 4 is 23.6 Å². The molecule has 0 radical (unpaired) electrons. The van der Waals surface area contributed by atoms with Crippen LogP contribution in [0.3, 0.4) is 0 Å². The Morgan fingerprint density at radius 2 is 1.81 bits per heavy atom. The van der Waals surface area contributed by atoms with E-state index in [2.05, 4.69) is 22.2 Å². The van der Waals surface area contributed by atoms with E-state index < -0.39 is 36.2 Å². The number of carbonyl (C=O) groups is 3. The summed E-state index contributed by atoms with van der Waals surface area (Å²) in [6, 6.07) is -1.45. The van der Waals surface area contributed by atoms with Crippen LogP contribution in [0.4, 0.5) is 0 Å². The lowest BCUT2D eigenvalue weighted by molar-refractivity contribution is -0.139. The molecule has 0 aromatic heterocycles. The molecule has 10 heteroatoms. The maximum atomic E-state index is 11.8. The second-order valence-electron chi connectivity index (χ2n) is 5.26. The fourth-order valence-corrected chi connectivity index (χ4v) is 1.73. The molecule has 0 aliphatic heterocycles. The first-order valence-corrected chi connectivity index (χ1v) is 8.38. The van der Waals surface area contributed by atoms with Crippen molar-refractivity contribution in [2.75, 3.05) is 13.1 Å². The summed E-state index contributed by atoms with van der Waals surface area (Å²) < 4.78 is 0. The summed E-state index contributed by atoms with van der Waals surface area (Å²) in [5.41, 5.74) is 16.8. The lowest BCUT2D eigenvalue weighted by Gasteiger charge is -2.18. The Kier molecular flexibility index (Phi) is 14.5. The van der Waals surface area contributed by atoms with Gasteiger partial charge >= 0.3 is 5.97 Å². The topological polar surface area (TPSA) is 186 Å². The van der Waals surface area contributed by atoms with E-state index >= 15 is 0 Å². The molecule has 0 heterocycles. The van der Waals surface area contributed by atoms with Crippen LogP contribution in [0, 0.1) is 0 Å². The van der Waals surface area contributed by atoms with Crippen molar-refractivity contribution < 1.29 is 19.5 Å². The van der Waals surface area contributed by atoms with E-state index in [1.807, 2.05) is 13.8 Å². The first-order valence-electron chi connectivity index (χ1n) is 8.38. The second-order valence-corrected chi connectivity index (χ2v) is 5.26. The number of nitrogens with zero attached hydrogens (tertiary/aromatic N) is 1. The predicted octanol–water partition coefficient (Wildman–Crippen LogP) is -0.955. The van der Waals surface area contributed by atoms with E-state index in [0.29, 0.717) is 25.1 Å². The molecule has 0 aromatic rings. The zero-order valence-corrected chi connectivity index (χ0v) is 15.7. The van der Waals surface area contributed by atoms with Gasteiger partial charge in [0.05, 0.1) is 19.0 Å². The fourth-order valence-electron chi connectivity index (χ4n) is 1.73. The minimum absolute atomic E-state index is 0.0126. The molecule has 0 fully saturated rings. The van der Waals surface area contributed by atoms with Crippen molar-refractivity contribution in [3.63, 3.8) is 0 Å². The predicted molar refractivity (Wildman–Crippen MR) is 101 cm³/mol. The highest BCUT2D eigenvalue weighted by Crippen LogP contribution is 2.02. The van der Waals surface area contributed by atoms with Crippen molar-refractivity contribution in [2.45, 2.75) is 52.1 Å². The number of ketones is 1. The molecule has 0 spiro atoms. The molecule has 10 nitrogen and oxygen atoms in total. The zero-order valence-electron chi connectivity index (χ0n) is 15.7. The summed E-state index contributed by atoms with van der Waals surface area (Å²) in [5, 5.41) is 13.8. The van der Waals surface area contributed by atoms with E-state index in [4.69, 9.17) is 22.3 Å². The highest BCUT2D eigenvalue weighted by molar-refractivity contribution is 5.91. The Labute approximate surface area is 154 Å². The minimum atomic E-state index is -1.17. The summed E-state index contributed by atoms with van der Waals surface area (Å²) in [6.45, 7) is 9.24.